The fourth-order valence-electron chi connectivity index (χ4n) is 2.28. The topological polar surface area (TPSA) is 33.4 Å². The van der Waals surface area contributed by atoms with Gasteiger partial charge in [-0.15, -0.1) is 6.42 Å². The van der Waals surface area contributed by atoms with Crippen molar-refractivity contribution in [1.29, 1.82) is 0 Å². The van der Waals surface area contributed by atoms with Crippen molar-refractivity contribution in [3.05, 3.63) is 23.8 Å². The molecule has 0 N–H and O–H groups in total. The molecule has 1 atom stereocenters. The van der Waals surface area contributed by atoms with E-state index in [4.69, 9.17) is 6.42 Å². The van der Waals surface area contributed by atoms with Gasteiger partial charge < -0.3 is 4.90 Å². The maximum Gasteiger partial charge on any atom is 0.433 e. The quantitative estimate of drug-likeness (QED) is 0.752. The summed E-state index contributed by atoms with van der Waals surface area (Å²) < 4.78 is 39.8. The minimum absolute atomic E-state index is 0.162. The zero-order valence-electron chi connectivity index (χ0n) is 10.6. The number of nitrogens with zero attached hydrogens (tertiary/aromatic N) is 4. The average molecular weight is 280 g/mol. The Kier molecular flexibility index (Phi) is 2.64. The molecule has 1 saturated heterocycles. The van der Waals surface area contributed by atoms with Crippen LogP contribution in [0.25, 0.3) is 5.65 Å². The fraction of sp³-hybridized carbons (Fsp3) is 0.385. The van der Waals surface area contributed by atoms with Gasteiger partial charge in [-0.05, 0) is 19.3 Å². The number of alkyl halides is 3. The number of hydrogen-bond donors (Lipinski definition) is 0. The highest BCUT2D eigenvalue weighted by atomic mass is 19.4. The van der Waals surface area contributed by atoms with Crippen LogP contribution >= 0.6 is 0 Å². The highest BCUT2D eigenvalue weighted by molar-refractivity contribution is 5.67. The van der Waals surface area contributed by atoms with E-state index in [0.717, 1.165) is 23.6 Å². The monoisotopic (exact) mass is 280 g/mol. The van der Waals surface area contributed by atoms with E-state index in [1.807, 2.05) is 11.8 Å². The Hall–Kier alpha value is -2.23. The second-order valence-electron chi connectivity index (χ2n) is 4.76. The Balaban J connectivity index is 2.25. The normalized spacial score (nSPS) is 18.9. The molecule has 0 spiro atoms. The van der Waals surface area contributed by atoms with Gasteiger partial charge in [0.05, 0.1) is 6.20 Å². The Labute approximate surface area is 113 Å². The number of halogens is 3. The van der Waals surface area contributed by atoms with E-state index < -0.39 is 11.9 Å². The van der Waals surface area contributed by atoms with Crippen molar-refractivity contribution in [3.8, 4) is 12.3 Å². The molecule has 1 aliphatic heterocycles. The second-order valence-corrected chi connectivity index (χ2v) is 4.76. The van der Waals surface area contributed by atoms with Gasteiger partial charge >= 0.3 is 6.18 Å². The first-order valence-corrected chi connectivity index (χ1v) is 6.10. The molecular weight excluding hydrogens is 269 g/mol. The van der Waals surface area contributed by atoms with E-state index in [0.29, 0.717) is 5.82 Å². The van der Waals surface area contributed by atoms with Crippen molar-refractivity contribution in [1.82, 2.24) is 14.4 Å². The van der Waals surface area contributed by atoms with E-state index in [9.17, 15) is 13.2 Å². The first-order valence-electron chi connectivity index (χ1n) is 6.10. The van der Waals surface area contributed by atoms with Crippen molar-refractivity contribution in [3.63, 3.8) is 0 Å². The lowest BCUT2D eigenvalue weighted by molar-refractivity contribution is -0.141. The molecular formula is C13H11F3N4. The molecule has 0 aliphatic carbocycles. The summed E-state index contributed by atoms with van der Waals surface area (Å²) in [6, 6.07) is 0.227. The molecule has 7 heteroatoms. The summed E-state index contributed by atoms with van der Waals surface area (Å²) >= 11 is 0. The predicted molar refractivity (Wildman–Crippen MR) is 67.3 cm³/mol. The van der Waals surface area contributed by atoms with Crippen molar-refractivity contribution in [2.75, 3.05) is 11.4 Å². The maximum absolute atomic E-state index is 12.9. The van der Waals surface area contributed by atoms with Gasteiger partial charge in [0.15, 0.2) is 11.5 Å². The lowest BCUT2D eigenvalue weighted by Crippen LogP contribution is -2.46. The molecule has 2 aromatic heterocycles. The third-order valence-electron chi connectivity index (χ3n) is 3.50. The summed E-state index contributed by atoms with van der Waals surface area (Å²) in [5.74, 6) is 2.70. The molecule has 3 rings (SSSR count). The number of fused-ring (bicyclic) bond motifs is 1. The number of imidazole rings is 1. The van der Waals surface area contributed by atoms with Gasteiger partial charge in [0.2, 0.25) is 0 Å². The van der Waals surface area contributed by atoms with Crippen molar-refractivity contribution in [2.45, 2.75) is 25.6 Å². The first-order chi connectivity index (χ1) is 9.41. The van der Waals surface area contributed by atoms with Gasteiger partial charge in [0.1, 0.15) is 11.4 Å². The second kappa shape index (κ2) is 4.13. The standard InChI is InChI=1S/C13H11F3N4/c1-3-9-7-20-10(13(14,15)16)6-17-11(20)12(18-9)19-5-4-8(19)2/h1,6-8H,4-5H2,2H3/t8-/m0/s1. The van der Waals surface area contributed by atoms with Crippen LogP contribution in [0.5, 0.6) is 0 Å². The molecule has 1 fully saturated rings. The van der Waals surface area contributed by atoms with Gasteiger partial charge in [-0.3, -0.25) is 4.40 Å². The molecule has 0 radical (unpaired) electrons. The Bertz CT molecular complexity index is 711. The van der Waals surface area contributed by atoms with E-state index in [1.165, 1.54) is 6.20 Å². The Morgan fingerprint density at radius 3 is 2.70 bits per heavy atom. The molecule has 1 aliphatic rings. The molecule has 20 heavy (non-hydrogen) atoms. The number of terminal acetylenes is 1. The summed E-state index contributed by atoms with van der Waals surface area (Å²) in [6.45, 7) is 2.73. The fourth-order valence-corrected chi connectivity index (χ4v) is 2.28. The van der Waals surface area contributed by atoms with Gasteiger partial charge in [0, 0.05) is 18.8 Å². The number of anilines is 1. The number of aromatic nitrogens is 3. The third-order valence-corrected chi connectivity index (χ3v) is 3.50. The maximum atomic E-state index is 12.9. The van der Waals surface area contributed by atoms with E-state index in [-0.39, 0.29) is 17.4 Å². The highest BCUT2D eigenvalue weighted by Crippen LogP contribution is 2.33. The predicted octanol–water partition coefficient (Wildman–Crippen LogP) is 2.33. The summed E-state index contributed by atoms with van der Waals surface area (Å²) in [4.78, 5) is 10.0. The van der Waals surface area contributed by atoms with Gasteiger partial charge in [-0.25, -0.2) is 9.97 Å². The van der Waals surface area contributed by atoms with Crippen LogP contribution in [0.4, 0.5) is 19.0 Å². The van der Waals surface area contributed by atoms with Gasteiger partial charge in [0.25, 0.3) is 0 Å². The molecule has 0 bridgehead atoms. The minimum atomic E-state index is -4.48. The van der Waals surface area contributed by atoms with Gasteiger partial charge in [-0.2, -0.15) is 13.2 Å². The largest absolute Gasteiger partial charge is 0.433 e. The zero-order chi connectivity index (χ0) is 14.5. The lowest BCUT2D eigenvalue weighted by Gasteiger charge is -2.39. The van der Waals surface area contributed by atoms with E-state index in [2.05, 4.69) is 15.9 Å². The first kappa shape index (κ1) is 12.8. The summed E-state index contributed by atoms with van der Waals surface area (Å²) in [5, 5.41) is 0. The number of hydrogen-bond acceptors (Lipinski definition) is 3. The molecule has 2 aromatic rings. The van der Waals surface area contributed by atoms with E-state index in [1.54, 1.807) is 0 Å². The van der Waals surface area contributed by atoms with Gasteiger partial charge in [-0.1, -0.05) is 0 Å². The molecule has 104 valence electrons. The molecule has 0 saturated carbocycles. The summed E-state index contributed by atoms with van der Waals surface area (Å²) in [7, 11) is 0. The number of rotatable bonds is 1. The van der Waals surface area contributed by atoms with Crippen LogP contribution in [0.15, 0.2) is 12.4 Å². The van der Waals surface area contributed by atoms with Crippen LogP contribution in [-0.4, -0.2) is 27.0 Å². The highest BCUT2D eigenvalue weighted by Gasteiger charge is 2.36. The van der Waals surface area contributed by atoms with Crippen molar-refractivity contribution >= 4 is 11.5 Å². The SMILES string of the molecule is C#Cc1cn2c(C(F)(F)F)cnc2c(N2CC[C@@H]2C)n1. The molecule has 3 heterocycles. The average Bonchev–Trinajstić information content (AvgIpc) is 2.80. The third kappa shape index (κ3) is 1.80. The molecule has 0 aromatic carbocycles. The summed E-state index contributed by atoms with van der Waals surface area (Å²) in [5.41, 5.74) is -0.501. The van der Waals surface area contributed by atoms with Crippen molar-refractivity contribution in [2.24, 2.45) is 0 Å². The van der Waals surface area contributed by atoms with Crippen LogP contribution < -0.4 is 4.90 Å². The van der Waals surface area contributed by atoms with Crippen molar-refractivity contribution < 1.29 is 13.2 Å². The van der Waals surface area contributed by atoms with Crippen LogP contribution in [0.1, 0.15) is 24.7 Å². The van der Waals surface area contributed by atoms with Crippen LogP contribution in [0.2, 0.25) is 0 Å². The van der Waals surface area contributed by atoms with Crippen LogP contribution in [-0.2, 0) is 6.18 Å². The molecule has 0 unspecified atom stereocenters. The van der Waals surface area contributed by atoms with E-state index >= 15 is 0 Å². The zero-order valence-corrected chi connectivity index (χ0v) is 10.6. The lowest BCUT2D eigenvalue weighted by atomic mass is 10.1. The van der Waals surface area contributed by atoms with Crippen LogP contribution in [0.3, 0.4) is 0 Å². The molecule has 0 amide bonds. The Morgan fingerprint density at radius 2 is 2.20 bits per heavy atom. The summed E-state index contributed by atoms with van der Waals surface area (Å²) in [6.07, 6.45) is 3.78. The Morgan fingerprint density at radius 1 is 1.45 bits per heavy atom. The molecule has 4 nitrogen and oxygen atoms in total. The smallest absolute Gasteiger partial charge is 0.351 e. The minimum Gasteiger partial charge on any atom is -0.351 e. The van der Waals surface area contributed by atoms with Crippen LogP contribution in [0, 0.1) is 12.3 Å².